The molecule has 0 aliphatic carbocycles. The molecule has 0 bridgehead atoms. The molecule has 5 heteroatoms. The van der Waals surface area contributed by atoms with Gasteiger partial charge < -0.3 is 10.1 Å². The van der Waals surface area contributed by atoms with Gasteiger partial charge in [0.15, 0.2) is 0 Å². The second-order valence-corrected chi connectivity index (χ2v) is 6.11. The molecule has 23 heavy (non-hydrogen) atoms. The number of carbonyl (C=O) groups excluding carboxylic acids is 1. The molecule has 3 rings (SSSR count). The predicted molar refractivity (Wildman–Crippen MR) is 95.4 cm³/mol. The number of carbonyl (C=O) groups is 1. The topological polar surface area (TPSA) is 50.7 Å². The van der Waals surface area contributed by atoms with Crippen LogP contribution < -0.4 is 10.1 Å². The number of hydrogen-bond donors (Lipinski definition) is 1. The van der Waals surface area contributed by atoms with Crippen molar-refractivity contribution < 1.29 is 9.53 Å². The van der Waals surface area contributed by atoms with Crippen molar-refractivity contribution in [1.29, 1.82) is 0 Å². The standard InChI is InChI=1S/C18H16N2O2S/c1-12-3-7-14(8-4-12)19-17-16(23-18(21)20-17)11-13-5-9-15(22-2)10-6-13/h3-11H,1-2H3,(H,19,20,21). The maximum absolute atomic E-state index is 11.7. The molecule has 2 aromatic rings. The third kappa shape index (κ3) is 3.81. The van der Waals surface area contributed by atoms with Crippen LogP contribution in [0.4, 0.5) is 10.5 Å². The van der Waals surface area contributed by atoms with E-state index < -0.39 is 0 Å². The zero-order valence-electron chi connectivity index (χ0n) is 12.9. The summed E-state index contributed by atoms with van der Waals surface area (Å²) >= 11 is 1.15. The van der Waals surface area contributed by atoms with Gasteiger partial charge in [0.1, 0.15) is 11.6 Å². The summed E-state index contributed by atoms with van der Waals surface area (Å²) < 4.78 is 5.15. The third-order valence-electron chi connectivity index (χ3n) is 3.34. The van der Waals surface area contributed by atoms with Crippen molar-refractivity contribution in [3.8, 4) is 5.75 Å². The van der Waals surface area contributed by atoms with E-state index in [-0.39, 0.29) is 5.24 Å². The number of thioether (sulfide) groups is 1. The van der Waals surface area contributed by atoms with Crippen LogP contribution >= 0.6 is 11.8 Å². The number of benzene rings is 2. The molecule has 4 nitrogen and oxygen atoms in total. The summed E-state index contributed by atoms with van der Waals surface area (Å²) in [6.07, 6.45) is 1.94. The van der Waals surface area contributed by atoms with Crippen molar-refractivity contribution in [2.75, 3.05) is 7.11 Å². The number of rotatable bonds is 3. The average molecular weight is 324 g/mol. The largest absolute Gasteiger partial charge is 0.497 e. The Hall–Kier alpha value is -2.53. The van der Waals surface area contributed by atoms with Gasteiger partial charge in [0.25, 0.3) is 5.24 Å². The van der Waals surface area contributed by atoms with E-state index in [1.54, 1.807) is 7.11 Å². The lowest BCUT2D eigenvalue weighted by atomic mass is 10.2. The van der Waals surface area contributed by atoms with E-state index in [2.05, 4.69) is 10.3 Å². The molecule has 1 saturated heterocycles. The number of aryl methyl sites for hydroxylation is 1. The molecule has 1 aliphatic rings. The summed E-state index contributed by atoms with van der Waals surface area (Å²) in [6, 6.07) is 15.5. The summed E-state index contributed by atoms with van der Waals surface area (Å²) in [6.45, 7) is 2.03. The lowest BCUT2D eigenvalue weighted by molar-refractivity contribution is 0.265. The number of ether oxygens (including phenoxy) is 1. The molecule has 116 valence electrons. The van der Waals surface area contributed by atoms with Gasteiger partial charge in [-0.1, -0.05) is 29.8 Å². The number of hydrogen-bond acceptors (Lipinski definition) is 4. The summed E-state index contributed by atoms with van der Waals surface area (Å²) in [5, 5.41) is 2.68. The monoisotopic (exact) mass is 324 g/mol. The molecular weight excluding hydrogens is 308 g/mol. The molecule has 1 amide bonds. The zero-order chi connectivity index (χ0) is 16.2. The fourth-order valence-electron chi connectivity index (χ4n) is 2.11. The molecular formula is C18H16N2O2S. The molecule has 0 atom stereocenters. The van der Waals surface area contributed by atoms with Crippen molar-refractivity contribution in [2.24, 2.45) is 4.99 Å². The number of nitrogens with zero attached hydrogens (tertiary/aromatic N) is 1. The van der Waals surface area contributed by atoms with Crippen molar-refractivity contribution in [3.05, 3.63) is 64.6 Å². The van der Waals surface area contributed by atoms with E-state index in [4.69, 9.17) is 4.74 Å². The van der Waals surface area contributed by atoms with Crippen LogP contribution in [0, 0.1) is 6.92 Å². The van der Waals surface area contributed by atoms with E-state index in [0.29, 0.717) is 5.84 Å². The van der Waals surface area contributed by atoms with Crippen molar-refractivity contribution in [2.45, 2.75) is 6.92 Å². The van der Waals surface area contributed by atoms with Gasteiger partial charge in [-0.05, 0) is 54.6 Å². The Morgan fingerprint density at radius 1 is 1.09 bits per heavy atom. The maximum Gasteiger partial charge on any atom is 0.289 e. The van der Waals surface area contributed by atoms with Gasteiger partial charge in [0.05, 0.1) is 17.7 Å². The Balaban J connectivity index is 1.90. The van der Waals surface area contributed by atoms with E-state index in [9.17, 15) is 4.79 Å². The number of aliphatic imine (C=N–C) groups is 1. The first kappa shape index (κ1) is 15.4. The zero-order valence-corrected chi connectivity index (χ0v) is 13.7. The molecule has 1 N–H and O–H groups in total. The number of methoxy groups -OCH3 is 1. The van der Waals surface area contributed by atoms with Crippen molar-refractivity contribution >= 4 is 34.6 Å². The second kappa shape index (κ2) is 6.71. The first-order chi connectivity index (χ1) is 11.1. The number of amides is 1. The first-order valence-electron chi connectivity index (χ1n) is 7.14. The first-order valence-corrected chi connectivity index (χ1v) is 7.96. The lowest BCUT2D eigenvalue weighted by Crippen LogP contribution is -2.18. The SMILES string of the molecule is COc1ccc(C=C2SC(=O)NC2=Nc2ccc(C)cc2)cc1. The van der Waals surface area contributed by atoms with Gasteiger partial charge in [-0.3, -0.25) is 4.79 Å². The average Bonchev–Trinajstić information content (AvgIpc) is 2.89. The minimum Gasteiger partial charge on any atom is -0.497 e. The fourth-order valence-corrected chi connectivity index (χ4v) is 2.85. The van der Waals surface area contributed by atoms with E-state index in [1.807, 2.05) is 61.5 Å². The van der Waals surface area contributed by atoms with Gasteiger partial charge in [-0.25, -0.2) is 4.99 Å². The van der Waals surface area contributed by atoms with Crippen LogP contribution in [-0.4, -0.2) is 18.2 Å². The highest BCUT2D eigenvalue weighted by atomic mass is 32.2. The van der Waals surface area contributed by atoms with E-state index in [1.165, 1.54) is 5.56 Å². The van der Waals surface area contributed by atoms with Crippen LogP contribution in [-0.2, 0) is 0 Å². The van der Waals surface area contributed by atoms with Crippen LogP contribution in [0.15, 0.2) is 58.4 Å². The molecule has 0 saturated carbocycles. The molecule has 2 aromatic carbocycles. The second-order valence-electron chi connectivity index (χ2n) is 5.09. The van der Waals surface area contributed by atoms with Crippen molar-refractivity contribution in [1.82, 2.24) is 5.32 Å². The van der Waals surface area contributed by atoms with E-state index >= 15 is 0 Å². The fraction of sp³-hybridized carbons (Fsp3) is 0.111. The highest BCUT2D eigenvalue weighted by Crippen LogP contribution is 2.29. The third-order valence-corrected chi connectivity index (χ3v) is 4.16. The molecule has 1 aliphatic heterocycles. The van der Waals surface area contributed by atoms with Gasteiger partial charge >= 0.3 is 0 Å². The van der Waals surface area contributed by atoms with Crippen molar-refractivity contribution in [3.63, 3.8) is 0 Å². The van der Waals surface area contributed by atoms with Gasteiger partial charge in [-0.2, -0.15) is 0 Å². The van der Waals surface area contributed by atoms with Crippen LogP contribution in [0.5, 0.6) is 5.75 Å². The van der Waals surface area contributed by atoms with Gasteiger partial charge in [0, 0.05) is 0 Å². The molecule has 0 spiro atoms. The highest BCUT2D eigenvalue weighted by molar-refractivity contribution is 8.18. The summed E-state index contributed by atoms with van der Waals surface area (Å²) in [4.78, 5) is 17.0. The number of nitrogens with one attached hydrogen (secondary N) is 1. The summed E-state index contributed by atoms with van der Waals surface area (Å²) in [7, 11) is 1.63. The minimum atomic E-state index is -0.115. The Morgan fingerprint density at radius 2 is 1.78 bits per heavy atom. The molecule has 1 fully saturated rings. The minimum absolute atomic E-state index is 0.115. The van der Waals surface area contributed by atoms with Crippen LogP contribution in [0.1, 0.15) is 11.1 Å². The maximum atomic E-state index is 11.7. The smallest absolute Gasteiger partial charge is 0.289 e. The molecule has 1 heterocycles. The molecule has 0 unspecified atom stereocenters. The Kier molecular flexibility index (Phi) is 4.48. The summed E-state index contributed by atoms with van der Waals surface area (Å²) in [5.41, 5.74) is 2.98. The Labute approximate surface area is 139 Å². The highest BCUT2D eigenvalue weighted by Gasteiger charge is 2.23. The predicted octanol–water partition coefficient (Wildman–Crippen LogP) is 4.53. The molecule has 0 aromatic heterocycles. The summed E-state index contributed by atoms with van der Waals surface area (Å²) in [5.74, 6) is 1.38. The van der Waals surface area contributed by atoms with Crippen LogP contribution in [0.25, 0.3) is 6.08 Å². The van der Waals surface area contributed by atoms with Gasteiger partial charge in [0.2, 0.25) is 0 Å². The number of amidine groups is 1. The lowest BCUT2D eigenvalue weighted by Gasteiger charge is -2.02. The quantitative estimate of drug-likeness (QED) is 0.902. The Bertz CT molecular complexity index is 778. The Morgan fingerprint density at radius 3 is 2.43 bits per heavy atom. The van der Waals surface area contributed by atoms with Crippen LogP contribution in [0.2, 0.25) is 0 Å². The van der Waals surface area contributed by atoms with E-state index in [0.717, 1.165) is 33.7 Å². The normalized spacial score (nSPS) is 17.6. The van der Waals surface area contributed by atoms with Crippen LogP contribution in [0.3, 0.4) is 0 Å². The van der Waals surface area contributed by atoms with Gasteiger partial charge in [-0.15, -0.1) is 0 Å². The molecule has 0 radical (unpaired) electrons.